The molecule has 0 saturated heterocycles. The van der Waals surface area contributed by atoms with Crippen LogP contribution in [0.4, 0.5) is 0 Å². The maximum Gasteiger partial charge on any atom is 0.139 e. The number of carbonyl (C=O) groups excluding carboxylic acids is 1. The molecule has 4 aliphatic rings. The van der Waals surface area contributed by atoms with Crippen LogP contribution in [0.1, 0.15) is 136 Å². The SMILES string of the molecule is C=C1/C(=C\C=C2/CCC[C@]3(C)[C@@H]([C@H](C)[C@@H](O)CCCC4(C(=O)CCCCCCC)CC4)CC[C@@H]23)C[C@@H](O)C[C@@H]1O. The van der Waals surface area contributed by atoms with Crippen molar-refractivity contribution in [1.82, 2.24) is 0 Å². The molecule has 0 aliphatic heterocycles. The minimum Gasteiger partial charge on any atom is -0.393 e. The number of allylic oxidation sites excluding steroid dienone is 3. The molecule has 0 aromatic heterocycles. The lowest BCUT2D eigenvalue weighted by molar-refractivity contribution is -0.124. The van der Waals surface area contributed by atoms with Gasteiger partial charge in [-0.05, 0) is 111 Å². The van der Waals surface area contributed by atoms with Gasteiger partial charge >= 0.3 is 0 Å². The first kappa shape index (κ1) is 31.7. The van der Waals surface area contributed by atoms with Crippen LogP contribution in [0.5, 0.6) is 0 Å². The number of hydrogen-bond donors (Lipinski definition) is 3. The summed E-state index contributed by atoms with van der Waals surface area (Å²) in [5, 5.41) is 31.7. The fraction of sp³-hybridized carbons (Fsp3) is 0.806. The van der Waals surface area contributed by atoms with E-state index in [2.05, 4.69) is 39.5 Å². The summed E-state index contributed by atoms with van der Waals surface area (Å²) >= 11 is 0. The zero-order chi connectivity index (χ0) is 28.9. The third-order valence-corrected chi connectivity index (χ3v) is 11.7. The van der Waals surface area contributed by atoms with Crippen molar-refractivity contribution >= 4 is 5.78 Å². The summed E-state index contributed by atoms with van der Waals surface area (Å²) < 4.78 is 0. The summed E-state index contributed by atoms with van der Waals surface area (Å²) in [6.07, 6.45) is 21.3. The summed E-state index contributed by atoms with van der Waals surface area (Å²) in [5.41, 5.74) is 3.38. The van der Waals surface area contributed by atoms with Crippen molar-refractivity contribution in [3.05, 3.63) is 35.5 Å². The Bertz CT molecular complexity index is 942. The van der Waals surface area contributed by atoms with Crippen molar-refractivity contribution in [2.24, 2.45) is 28.6 Å². The van der Waals surface area contributed by atoms with Gasteiger partial charge in [-0.25, -0.2) is 0 Å². The van der Waals surface area contributed by atoms with Crippen molar-refractivity contribution in [3.63, 3.8) is 0 Å². The zero-order valence-corrected chi connectivity index (χ0v) is 25.8. The first-order valence-electron chi connectivity index (χ1n) is 16.8. The number of Topliss-reactive ketones (excluding diaryl/α,β-unsaturated/α-hetero) is 1. The summed E-state index contributed by atoms with van der Waals surface area (Å²) in [7, 11) is 0. The molecule has 0 unspecified atom stereocenters. The molecule has 4 nitrogen and oxygen atoms in total. The Morgan fingerprint density at radius 1 is 1.07 bits per heavy atom. The molecule has 3 N–H and O–H groups in total. The molecule has 226 valence electrons. The fourth-order valence-electron chi connectivity index (χ4n) is 8.76. The number of aliphatic hydroxyl groups excluding tert-OH is 3. The van der Waals surface area contributed by atoms with Gasteiger partial charge in [0.2, 0.25) is 0 Å². The van der Waals surface area contributed by atoms with Gasteiger partial charge < -0.3 is 15.3 Å². The largest absolute Gasteiger partial charge is 0.393 e. The number of ketones is 1. The Morgan fingerprint density at radius 3 is 2.55 bits per heavy atom. The molecule has 0 spiro atoms. The minimum absolute atomic E-state index is 0.0502. The Labute approximate surface area is 244 Å². The number of rotatable bonds is 14. The summed E-state index contributed by atoms with van der Waals surface area (Å²) in [6, 6.07) is 0. The van der Waals surface area contributed by atoms with Crippen molar-refractivity contribution in [2.75, 3.05) is 0 Å². The molecule has 4 saturated carbocycles. The lowest BCUT2D eigenvalue weighted by Crippen LogP contribution is -2.39. The summed E-state index contributed by atoms with van der Waals surface area (Å²) in [4.78, 5) is 12.9. The predicted molar refractivity (Wildman–Crippen MR) is 164 cm³/mol. The van der Waals surface area contributed by atoms with Gasteiger partial charge in [-0.1, -0.05) is 70.8 Å². The van der Waals surface area contributed by atoms with Crippen molar-refractivity contribution < 1.29 is 20.1 Å². The Hall–Kier alpha value is -1.23. The van der Waals surface area contributed by atoms with E-state index in [1.165, 1.54) is 50.5 Å². The standard InChI is InChI=1S/C36H58O4/c1-5-6-7-8-9-14-34(40)36(21-22-36)20-11-13-32(38)26(3)30-17-18-31-27(12-10-19-35(30,31)4)15-16-28-23-29(37)24-33(39)25(28)2/h15-16,26,29-33,37-39H,2,5-14,17-24H2,1,3-4H3/b27-15+,28-16-/t26-,29+,30+,31-,32-,33-,35+/m0/s1. The maximum absolute atomic E-state index is 12.9. The van der Waals surface area contributed by atoms with Crippen LogP contribution in [0.15, 0.2) is 35.5 Å². The molecule has 0 radical (unpaired) electrons. The van der Waals surface area contributed by atoms with E-state index in [4.69, 9.17) is 0 Å². The molecular formula is C36H58O4. The molecule has 0 amide bonds. The van der Waals surface area contributed by atoms with E-state index in [-0.39, 0.29) is 22.9 Å². The molecule has 4 heteroatoms. The second kappa shape index (κ2) is 13.8. The van der Waals surface area contributed by atoms with Crippen LogP contribution >= 0.6 is 0 Å². The Kier molecular flexibility index (Phi) is 11.0. The van der Waals surface area contributed by atoms with Crippen LogP contribution in [-0.4, -0.2) is 39.4 Å². The quantitative estimate of drug-likeness (QED) is 0.190. The highest BCUT2D eigenvalue weighted by Crippen LogP contribution is 2.60. The topological polar surface area (TPSA) is 77.8 Å². The van der Waals surface area contributed by atoms with E-state index in [0.717, 1.165) is 68.9 Å². The Balaban J connectivity index is 1.29. The highest BCUT2D eigenvalue weighted by atomic mass is 16.3. The minimum atomic E-state index is -0.647. The highest BCUT2D eigenvalue weighted by Gasteiger charge is 2.52. The van der Waals surface area contributed by atoms with Crippen molar-refractivity contribution in [1.29, 1.82) is 0 Å². The first-order chi connectivity index (χ1) is 19.1. The monoisotopic (exact) mass is 554 g/mol. The summed E-state index contributed by atoms with van der Waals surface area (Å²) in [6.45, 7) is 11.0. The molecule has 0 aromatic rings. The van der Waals surface area contributed by atoms with Crippen LogP contribution < -0.4 is 0 Å². The molecule has 40 heavy (non-hydrogen) atoms. The molecule has 7 atom stereocenters. The van der Waals surface area contributed by atoms with Gasteiger partial charge in [0.05, 0.1) is 18.3 Å². The number of carbonyl (C=O) groups is 1. The first-order valence-corrected chi connectivity index (χ1v) is 16.8. The molecule has 0 bridgehead atoms. The number of hydrogen-bond acceptors (Lipinski definition) is 4. The van der Waals surface area contributed by atoms with E-state index in [0.29, 0.717) is 30.5 Å². The van der Waals surface area contributed by atoms with Gasteiger partial charge in [-0.3, -0.25) is 4.79 Å². The lowest BCUT2D eigenvalue weighted by Gasteiger charge is -2.45. The van der Waals surface area contributed by atoms with E-state index >= 15 is 0 Å². The second-order valence-corrected chi connectivity index (χ2v) is 14.4. The highest BCUT2D eigenvalue weighted by molar-refractivity contribution is 5.87. The molecule has 0 aromatic carbocycles. The number of unbranched alkanes of at least 4 members (excludes halogenated alkanes) is 4. The van der Waals surface area contributed by atoms with Gasteiger partial charge in [0.15, 0.2) is 0 Å². The predicted octanol–water partition coefficient (Wildman–Crippen LogP) is 8.00. The van der Waals surface area contributed by atoms with Gasteiger partial charge in [0.1, 0.15) is 5.78 Å². The fourth-order valence-corrected chi connectivity index (χ4v) is 8.76. The van der Waals surface area contributed by atoms with E-state index in [1.54, 1.807) is 0 Å². The number of aliphatic hydroxyl groups is 3. The van der Waals surface area contributed by atoms with Gasteiger partial charge in [-0.15, -0.1) is 0 Å². The molecular weight excluding hydrogens is 496 g/mol. The third-order valence-electron chi connectivity index (χ3n) is 11.7. The van der Waals surface area contributed by atoms with Gasteiger partial charge in [-0.2, -0.15) is 0 Å². The van der Waals surface area contributed by atoms with E-state index < -0.39 is 12.2 Å². The zero-order valence-electron chi connectivity index (χ0n) is 25.8. The summed E-state index contributed by atoms with van der Waals surface area (Å²) in [5.74, 6) is 1.81. The van der Waals surface area contributed by atoms with Crippen LogP contribution in [0.3, 0.4) is 0 Å². The average Bonchev–Trinajstić information content (AvgIpc) is 3.63. The molecule has 0 heterocycles. The average molecular weight is 555 g/mol. The second-order valence-electron chi connectivity index (χ2n) is 14.4. The van der Waals surface area contributed by atoms with E-state index in [9.17, 15) is 20.1 Å². The van der Waals surface area contributed by atoms with Crippen LogP contribution in [-0.2, 0) is 4.79 Å². The Morgan fingerprint density at radius 2 is 1.82 bits per heavy atom. The lowest BCUT2D eigenvalue weighted by atomic mass is 9.60. The third kappa shape index (κ3) is 7.21. The van der Waals surface area contributed by atoms with Crippen LogP contribution in [0.2, 0.25) is 0 Å². The smallest absolute Gasteiger partial charge is 0.139 e. The van der Waals surface area contributed by atoms with E-state index in [1.807, 2.05) is 0 Å². The molecule has 4 aliphatic carbocycles. The molecule has 4 fully saturated rings. The van der Waals surface area contributed by atoms with Crippen LogP contribution in [0, 0.1) is 28.6 Å². The van der Waals surface area contributed by atoms with Crippen molar-refractivity contribution in [3.8, 4) is 0 Å². The van der Waals surface area contributed by atoms with Gasteiger partial charge in [0.25, 0.3) is 0 Å². The maximum atomic E-state index is 12.9. The normalized spacial score (nSPS) is 35.1. The number of fused-ring (bicyclic) bond motifs is 1. The van der Waals surface area contributed by atoms with Crippen LogP contribution in [0.25, 0.3) is 0 Å². The van der Waals surface area contributed by atoms with Crippen molar-refractivity contribution in [2.45, 2.75) is 155 Å². The van der Waals surface area contributed by atoms with Gasteiger partial charge in [0, 0.05) is 18.3 Å². The molecule has 4 rings (SSSR count).